The van der Waals surface area contributed by atoms with Gasteiger partial charge in [0.25, 0.3) is 5.91 Å². The Morgan fingerprint density at radius 2 is 1.07 bits per heavy atom. The number of likely N-dealkylation sites (N-methyl/N-ethyl adjacent to an activating group) is 1. The lowest BCUT2D eigenvalue weighted by Crippen LogP contribution is -2.67. The van der Waals surface area contributed by atoms with Crippen molar-refractivity contribution in [3.63, 3.8) is 0 Å². The van der Waals surface area contributed by atoms with Crippen LogP contribution in [0.2, 0.25) is 0 Å². The van der Waals surface area contributed by atoms with E-state index in [1.165, 1.54) is 18.7 Å². The first kappa shape index (κ1) is 81.6. The molecule has 0 radical (unpaired) electrons. The Hall–Kier alpha value is -2.80. The van der Waals surface area contributed by atoms with Crippen molar-refractivity contribution in [2.75, 3.05) is 186 Å². The summed E-state index contributed by atoms with van der Waals surface area (Å²) in [6.07, 6.45) is -8.74. The maximum atomic E-state index is 14.1. The van der Waals surface area contributed by atoms with Crippen molar-refractivity contribution in [2.45, 2.75) is 177 Å². The minimum absolute atomic E-state index is 0.0597. The Kier molecular flexibility index (Phi) is 44.1. The lowest BCUT2D eigenvalue weighted by molar-refractivity contribution is -0.338. The zero-order valence-corrected chi connectivity index (χ0v) is 55.7. The Labute approximate surface area is 544 Å². The summed E-state index contributed by atoms with van der Waals surface area (Å²) >= 11 is 0. The molecule has 92 heavy (non-hydrogen) atoms. The minimum atomic E-state index is -1.66. The van der Waals surface area contributed by atoms with Gasteiger partial charge in [-0.05, 0) is 44.4 Å². The summed E-state index contributed by atoms with van der Waals surface area (Å²) in [6.45, 7) is 14.4. The van der Waals surface area contributed by atoms with E-state index in [-0.39, 0.29) is 62.5 Å². The zero-order chi connectivity index (χ0) is 66.7. The molecule has 29 heteroatoms. The van der Waals surface area contributed by atoms with Crippen LogP contribution in [0.1, 0.15) is 97.8 Å². The molecule has 2 saturated carbocycles. The first-order chi connectivity index (χ1) is 44.6. The molecule has 4 rings (SSSR count). The van der Waals surface area contributed by atoms with Gasteiger partial charge >= 0.3 is 0 Å². The number of nitrogens with zero attached hydrogens (tertiary/aromatic N) is 1. The number of methoxy groups -OCH3 is 1. The molecule has 0 bridgehead atoms. The molecule has 4 fully saturated rings. The molecule has 15 atom stereocenters. The van der Waals surface area contributed by atoms with Gasteiger partial charge in [-0.2, -0.15) is 0 Å². The van der Waals surface area contributed by atoms with Crippen molar-refractivity contribution in [3.8, 4) is 0 Å². The summed E-state index contributed by atoms with van der Waals surface area (Å²) in [7, 11) is 4.86. The van der Waals surface area contributed by atoms with Crippen molar-refractivity contribution in [1.29, 1.82) is 0 Å². The van der Waals surface area contributed by atoms with E-state index in [1.54, 1.807) is 21.2 Å². The number of aliphatic hydroxyl groups is 5. The highest BCUT2D eigenvalue weighted by Crippen LogP contribution is 2.41. The third-order valence-electron chi connectivity index (χ3n) is 16.4. The zero-order valence-electron chi connectivity index (χ0n) is 55.7. The van der Waals surface area contributed by atoms with Crippen molar-refractivity contribution >= 4 is 23.5 Å². The summed E-state index contributed by atoms with van der Waals surface area (Å²) in [5.41, 5.74) is 0. The molecule has 4 aliphatic rings. The number of hydrogen-bond acceptors (Lipinski definition) is 26. The highest BCUT2D eigenvalue weighted by Gasteiger charge is 2.53. The van der Waals surface area contributed by atoms with Crippen LogP contribution in [-0.2, 0) is 99.7 Å². The molecule has 3 amide bonds. The molecule has 2 saturated heterocycles. The number of rotatable bonds is 53. The molecule has 538 valence electrons. The average Bonchev–Trinajstić information content (AvgIpc) is 0.796. The van der Waals surface area contributed by atoms with E-state index < -0.39 is 104 Å². The van der Waals surface area contributed by atoms with Gasteiger partial charge in [0.15, 0.2) is 12.6 Å². The lowest BCUT2D eigenvalue weighted by atomic mass is 9.74. The minimum Gasteiger partial charge on any atom is -0.394 e. The van der Waals surface area contributed by atoms with Crippen molar-refractivity contribution in [2.24, 2.45) is 17.8 Å². The van der Waals surface area contributed by atoms with Gasteiger partial charge in [0.1, 0.15) is 54.6 Å². The predicted molar refractivity (Wildman–Crippen MR) is 329 cm³/mol. The molecule has 2 heterocycles. The number of carbonyl (C=O) groups excluding carboxylic acids is 4. The molecule has 0 spiro atoms. The van der Waals surface area contributed by atoms with E-state index in [4.69, 9.17) is 80.5 Å². The Bertz CT molecular complexity index is 1920. The number of carbonyl (C=O) groups is 4. The van der Waals surface area contributed by atoms with Crippen LogP contribution in [0.25, 0.3) is 0 Å². The molecule has 0 aromatic rings. The highest BCUT2D eigenvalue weighted by molar-refractivity contribution is 5.81. The molecule has 0 aromatic carbocycles. The first-order valence-corrected chi connectivity index (χ1v) is 33.3. The largest absolute Gasteiger partial charge is 0.394 e. The number of hydrogen-bond donors (Lipinski definition) is 7. The SMILES string of the molecule is CCC1CC(C(=O)CCCNC(=O)CCOCCOCCOCCOCCOCCOCCOCCOCCOCCOCCOCCOC)C[C@@H](O[C@@H]2O[C@@H](CO)[C@H](O)C(O[C@@H](CC3CCCCC3)C(=O)N(C)C)C2NC(C)=O)[C@@H]1OC1O[C@@H](C)[C@H](O)C(O)[C@@H]1O. The number of aliphatic hydroxyl groups excluding tert-OH is 5. The monoisotopic (exact) mass is 1330 g/mol. The van der Waals surface area contributed by atoms with Crippen LogP contribution in [0.4, 0.5) is 0 Å². The van der Waals surface area contributed by atoms with Crippen molar-refractivity contribution in [1.82, 2.24) is 15.5 Å². The van der Waals surface area contributed by atoms with Crippen LogP contribution in [0.15, 0.2) is 0 Å². The standard InChI is InChI=1S/C63H115N3O26/c1-7-47-41-48(49(69)14-11-16-64-53(70)15-17-77-20-21-79-24-25-81-28-29-83-32-33-85-36-37-87-39-38-86-35-34-84-31-30-82-27-26-80-23-22-78-19-18-76-6)42-50(59(47)92-63-58(74)57(73)55(71)44(2)88-63)90-62-54(65-45(3)68)60(56(72)52(43-67)91-62)89-51(61(75)66(4)5)40-46-12-9-8-10-13-46/h44,46-48,50-52,54-60,62-63,67,71-74H,7-43H2,1-6H3,(H,64,70)(H,65,68)/t44-,47?,48?,50+,51-,52-,54?,55-,56-,57?,58-,59+,60?,62+,63?/m0/s1. The number of ether oxygens (including phenoxy) is 17. The maximum Gasteiger partial charge on any atom is 0.251 e. The van der Waals surface area contributed by atoms with Crippen LogP contribution in [0.5, 0.6) is 0 Å². The van der Waals surface area contributed by atoms with Crippen LogP contribution < -0.4 is 10.6 Å². The van der Waals surface area contributed by atoms with Crippen LogP contribution in [0, 0.1) is 17.8 Å². The number of nitrogens with one attached hydrogen (secondary N) is 2. The fourth-order valence-electron chi connectivity index (χ4n) is 11.3. The molecule has 2 aliphatic heterocycles. The van der Waals surface area contributed by atoms with E-state index in [0.717, 1.165) is 32.1 Å². The van der Waals surface area contributed by atoms with Gasteiger partial charge in [0.2, 0.25) is 11.8 Å². The smallest absolute Gasteiger partial charge is 0.251 e. The fraction of sp³-hybridized carbons (Fsp3) is 0.937. The van der Waals surface area contributed by atoms with Gasteiger partial charge in [0, 0.05) is 53.4 Å². The Morgan fingerprint density at radius 3 is 1.52 bits per heavy atom. The van der Waals surface area contributed by atoms with Crippen molar-refractivity contribution < 1.29 is 125 Å². The molecule has 29 nitrogen and oxygen atoms in total. The topological polar surface area (TPSA) is 354 Å². The predicted octanol–water partition coefficient (Wildman–Crippen LogP) is 0.100. The van der Waals surface area contributed by atoms with Crippen LogP contribution >= 0.6 is 0 Å². The lowest BCUT2D eigenvalue weighted by Gasteiger charge is -2.49. The third-order valence-corrected chi connectivity index (χ3v) is 16.4. The highest BCUT2D eigenvalue weighted by atomic mass is 16.7. The van der Waals surface area contributed by atoms with E-state index in [2.05, 4.69) is 10.6 Å². The molecule has 0 aromatic heterocycles. The normalized spacial score (nSPS) is 27.4. The van der Waals surface area contributed by atoms with Gasteiger partial charge in [-0.1, -0.05) is 45.4 Å². The number of Topliss-reactive ketones (excluding diaryl/α,β-unsaturated/α-hetero) is 1. The van der Waals surface area contributed by atoms with Crippen LogP contribution in [-0.4, -0.2) is 320 Å². The van der Waals surface area contributed by atoms with E-state index in [0.29, 0.717) is 164 Å². The van der Waals surface area contributed by atoms with Crippen LogP contribution in [0.3, 0.4) is 0 Å². The average molecular weight is 1330 g/mol. The Balaban J connectivity index is 1.09. The maximum absolute atomic E-state index is 14.1. The second-order valence-electron chi connectivity index (χ2n) is 23.7. The summed E-state index contributed by atoms with van der Waals surface area (Å²) in [5, 5.41) is 60.3. The molecule has 7 N–H and O–H groups in total. The van der Waals surface area contributed by atoms with E-state index >= 15 is 0 Å². The van der Waals surface area contributed by atoms with Gasteiger partial charge in [-0.15, -0.1) is 0 Å². The van der Waals surface area contributed by atoms with E-state index in [1.807, 2.05) is 6.92 Å². The van der Waals surface area contributed by atoms with Gasteiger partial charge in [-0.25, -0.2) is 0 Å². The summed E-state index contributed by atoms with van der Waals surface area (Å²) < 4.78 is 97.4. The second-order valence-corrected chi connectivity index (χ2v) is 23.7. The van der Waals surface area contributed by atoms with Gasteiger partial charge in [-0.3, -0.25) is 19.2 Å². The second kappa shape index (κ2) is 49.7. The van der Waals surface area contributed by atoms with Gasteiger partial charge < -0.3 is 122 Å². The van der Waals surface area contributed by atoms with Gasteiger partial charge in [0.05, 0.1) is 177 Å². The molecular formula is C63H115N3O26. The summed E-state index contributed by atoms with van der Waals surface area (Å²) in [5.74, 6) is -2.00. The number of ketones is 1. The fourth-order valence-corrected chi connectivity index (χ4v) is 11.3. The van der Waals surface area contributed by atoms with E-state index in [9.17, 15) is 44.7 Å². The first-order valence-electron chi connectivity index (χ1n) is 33.3. The Morgan fingerprint density at radius 1 is 0.576 bits per heavy atom. The summed E-state index contributed by atoms with van der Waals surface area (Å²) in [4.78, 5) is 55.0. The molecule has 2 aliphatic carbocycles. The summed E-state index contributed by atoms with van der Waals surface area (Å²) in [6, 6.07) is -1.24. The quantitative estimate of drug-likeness (QED) is 0.0397. The third kappa shape index (κ3) is 32.5. The van der Waals surface area contributed by atoms with Crippen molar-refractivity contribution in [3.05, 3.63) is 0 Å². The molecular weight excluding hydrogens is 1210 g/mol. The number of amides is 3. The molecule has 6 unspecified atom stereocenters.